The van der Waals surface area contributed by atoms with E-state index in [4.69, 9.17) is 9.47 Å². The van der Waals surface area contributed by atoms with E-state index in [9.17, 15) is 4.79 Å². The molecule has 1 aromatic rings. The first-order chi connectivity index (χ1) is 10.1. The summed E-state index contributed by atoms with van der Waals surface area (Å²) in [7, 11) is 1.90. The summed E-state index contributed by atoms with van der Waals surface area (Å²) in [6.45, 7) is 1.39. The lowest BCUT2D eigenvalue weighted by Gasteiger charge is -2.39. The van der Waals surface area contributed by atoms with Crippen LogP contribution in [0.15, 0.2) is 24.3 Å². The summed E-state index contributed by atoms with van der Waals surface area (Å²) < 4.78 is 12.6. The van der Waals surface area contributed by atoms with Gasteiger partial charge in [-0.25, -0.2) is 0 Å². The first-order valence-corrected chi connectivity index (χ1v) is 8.48. The van der Waals surface area contributed by atoms with Crippen molar-refractivity contribution in [2.45, 2.75) is 37.5 Å². The number of benzene rings is 1. The van der Waals surface area contributed by atoms with Gasteiger partial charge in [0, 0.05) is 35.1 Å². The molecule has 21 heavy (non-hydrogen) atoms. The molecule has 1 heterocycles. The quantitative estimate of drug-likeness (QED) is 0.716. The predicted molar refractivity (Wildman–Crippen MR) is 88.1 cm³/mol. The first-order valence-electron chi connectivity index (χ1n) is 7.40. The van der Waals surface area contributed by atoms with Crippen molar-refractivity contribution in [3.63, 3.8) is 0 Å². The Morgan fingerprint density at radius 1 is 1.29 bits per heavy atom. The highest BCUT2D eigenvalue weighted by molar-refractivity contribution is 14.1. The largest absolute Gasteiger partial charge is 0.348 e. The van der Waals surface area contributed by atoms with Crippen LogP contribution in [0.25, 0.3) is 0 Å². The molecule has 1 aliphatic carbocycles. The van der Waals surface area contributed by atoms with Gasteiger partial charge >= 0.3 is 0 Å². The van der Waals surface area contributed by atoms with E-state index in [1.807, 2.05) is 36.2 Å². The summed E-state index contributed by atoms with van der Waals surface area (Å²) >= 11 is 2.23. The number of nitrogens with zero attached hydrogens (tertiary/aromatic N) is 1. The zero-order valence-corrected chi connectivity index (χ0v) is 14.3. The fourth-order valence-corrected chi connectivity index (χ4v) is 3.75. The van der Waals surface area contributed by atoms with Crippen LogP contribution in [0.2, 0.25) is 0 Å². The van der Waals surface area contributed by atoms with Crippen LogP contribution >= 0.6 is 22.6 Å². The van der Waals surface area contributed by atoms with Gasteiger partial charge in [-0.1, -0.05) is 6.07 Å². The Balaban J connectivity index is 1.63. The summed E-state index contributed by atoms with van der Waals surface area (Å²) in [6, 6.07) is 8.02. The van der Waals surface area contributed by atoms with Crippen molar-refractivity contribution in [1.82, 2.24) is 4.90 Å². The predicted octanol–water partition coefficient (Wildman–Crippen LogP) is 3.05. The van der Waals surface area contributed by atoms with Crippen molar-refractivity contribution in [3.05, 3.63) is 33.4 Å². The zero-order chi connectivity index (χ0) is 14.9. The molecule has 5 heteroatoms. The van der Waals surface area contributed by atoms with Crippen molar-refractivity contribution in [2.75, 3.05) is 20.3 Å². The lowest BCUT2D eigenvalue weighted by molar-refractivity contribution is -0.182. The lowest BCUT2D eigenvalue weighted by Crippen LogP contribution is -2.44. The van der Waals surface area contributed by atoms with E-state index in [0.717, 1.165) is 34.8 Å². The molecule has 0 atom stereocenters. The molecule has 2 fully saturated rings. The maximum Gasteiger partial charge on any atom is 0.253 e. The van der Waals surface area contributed by atoms with Crippen LogP contribution in [-0.2, 0) is 9.47 Å². The number of carbonyl (C=O) groups is 1. The van der Waals surface area contributed by atoms with E-state index < -0.39 is 0 Å². The number of hydrogen-bond donors (Lipinski definition) is 0. The normalized spacial score (nSPS) is 21.6. The van der Waals surface area contributed by atoms with Crippen molar-refractivity contribution in [1.29, 1.82) is 0 Å². The Morgan fingerprint density at radius 3 is 2.57 bits per heavy atom. The third-order valence-corrected chi connectivity index (χ3v) is 5.14. The Labute approximate surface area is 138 Å². The van der Waals surface area contributed by atoms with Gasteiger partial charge in [-0.2, -0.15) is 0 Å². The number of halogens is 1. The molecule has 2 aliphatic rings. The summed E-state index contributed by atoms with van der Waals surface area (Å²) in [6.07, 6.45) is 3.63. The van der Waals surface area contributed by atoms with Crippen LogP contribution in [0.3, 0.4) is 0 Å². The summed E-state index contributed by atoms with van der Waals surface area (Å²) in [4.78, 5) is 14.5. The Kier molecular flexibility index (Phi) is 4.51. The lowest BCUT2D eigenvalue weighted by atomic mass is 9.89. The molecule has 1 spiro atoms. The van der Waals surface area contributed by atoms with E-state index in [1.165, 1.54) is 0 Å². The SMILES string of the molecule is CN(C(=O)c1cccc(I)c1)C1CCC2(CC1)OCCO2. The number of rotatable bonds is 2. The highest BCUT2D eigenvalue weighted by atomic mass is 127. The van der Waals surface area contributed by atoms with Crippen LogP contribution in [-0.4, -0.2) is 42.9 Å². The number of ether oxygens (including phenoxy) is 2. The maximum absolute atomic E-state index is 12.6. The molecule has 0 unspecified atom stereocenters. The van der Waals surface area contributed by atoms with Gasteiger partial charge in [-0.15, -0.1) is 0 Å². The molecule has 3 rings (SSSR count). The summed E-state index contributed by atoms with van der Waals surface area (Å²) in [5.41, 5.74) is 0.762. The van der Waals surface area contributed by atoms with Crippen LogP contribution in [0.4, 0.5) is 0 Å². The van der Waals surface area contributed by atoms with Crippen molar-refractivity contribution in [3.8, 4) is 0 Å². The molecule has 1 saturated heterocycles. The minimum atomic E-state index is -0.359. The smallest absolute Gasteiger partial charge is 0.253 e. The third kappa shape index (κ3) is 3.24. The molecule has 1 amide bonds. The van der Waals surface area contributed by atoms with E-state index >= 15 is 0 Å². The minimum absolute atomic E-state index is 0.0997. The molecule has 0 N–H and O–H groups in total. The molecule has 1 saturated carbocycles. The van der Waals surface area contributed by atoms with Crippen molar-refractivity contribution < 1.29 is 14.3 Å². The third-order valence-electron chi connectivity index (χ3n) is 4.47. The zero-order valence-electron chi connectivity index (χ0n) is 12.2. The number of carbonyl (C=O) groups excluding carboxylic acids is 1. The molecular formula is C16H20INO3. The molecule has 0 aromatic heterocycles. The van der Waals surface area contributed by atoms with Gasteiger partial charge in [-0.05, 0) is 53.6 Å². The Bertz CT molecular complexity index is 518. The van der Waals surface area contributed by atoms with Crippen LogP contribution in [0, 0.1) is 3.57 Å². The topological polar surface area (TPSA) is 38.8 Å². The molecule has 1 aliphatic heterocycles. The van der Waals surface area contributed by atoms with Gasteiger partial charge in [-0.3, -0.25) is 4.79 Å². The van der Waals surface area contributed by atoms with Gasteiger partial charge in [0.2, 0.25) is 0 Å². The standard InChI is InChI=1S/C16H20INO3/c1-18(15(19)12-3-2-4-13(17)11-12)14-5-7-16(8-6-14)20-9-10-21-16/h2-4,11,14H,5-10H2,1H3. The van der Waals surface area contributed by atoms with Crippen LogP contribution in [0.5, 0.6) is 0 Å². The fourth-order valence-electron chi connectivity index (χ4n) is 3.21. The highest BCUT2D eigenvalue weighted by Crippen LogP contribution is 2.37. The molecule has 114 valence electrons. The second kappa shape index (κ2) is 6.22. The van der Waals surface area contributed by atoms with Gasteiger partial charge in [0.25, 0.3) is 5.91 Å². The molecule has 0 bridgehead atoms. The average Bonchev–Trinajstić information content (AvgIpc) is 2.95. The highest BCUT2D eigenvalue weighted by Gasteiger charge is 2.41. The second-order valence-electron chi connectivity index (χ2n) is 5.77. The van der Waals surface area contributed by atoms with E-state index in [-0.39, 0.29) is 17.7 Å². The molecular weight excluding hydrogens is 381 g/mol. The van der Waals surface area contributed by atoms with E-state index in [1.54, 1.807) is 0 Å². The van der Waals surface area contributed by atoms with Crippen molar-refractivity contribution in [2.24, 2.45) is 0 Å². The van der Waals surface area contributed by atoms with Gasteiger partial charge in [0.1, 0.15) is 0 Å². The van der Waals surface area contributed by atoms with E-state index in [0.29, 0.717) is 13.2 Å². The fraction of sp³-hybridized carbons (Fsp3) is 0.562. The molecule has 0 radical (unpaired) electrons. The molecule has 1 aromatic carbocycles. The van der Waals surface area contributed by atoms with Crippen molar-refractivity contribution >= 4 is 28.5 Å². The van der Waals surface area contributed by atoms with Gasteiger partial charge < -0.3 is 14.4 Å². The van der Waals surface area contributed by atoms with Crippen LogP contribution in [0.1, 0.15) is 36.0 Å². The van der Waals surface area contributed by atoms with E-state index in [2.05, 4.69) is 22.6 Å². The number of hydrogen-bond acceptors (Lipinski definition) is 3. The Hall–Kier alpha value is -0.660. The van der Waals surface area contributed by atoms with Crippen LogP contribution < -0.4 is 0 Å². The molecule has 4 nitrogen and oxygen atoms in total. The van der Waals surface area contributed by atoms with Gasteiger partial charge in [0.15, 0.2) is 5.79 Å². The average molecular weight is 401 g/mol. The summed E-state index contributed by atoms with van der Waals surface area (Å²) in [5.74, 6) is -0.259. The monoisotopic (exact) mass is 401 g/mol. The number of amides is 1. The Morgan fingerprint density at radius 2 is 1.95 bits per heavy atom. The minimum Gasteiger partial charge on any atom is -0.348 e. The maximum atomic E-state index is 12.6. The van der Waals surface area contributed by atoms with Gasteiger partial charge in [0.05, 0.1) is 13.2 Å². The first kappa shape index (κ1) is 15.2. The summed E-state index contributed by atoms with van der Waals surface area (Å²) in [5, 5.41) is 0. The second-order valence-corrected chi connectivity index (χ2v) is 7.01.